The van der Waals surface area contributed by atoms with E-state index in [-0.39, 0.29) is 11.8 Å². The number of rotatable bonds is 5. The Balaban J connectivity index is 1.57. The fraction of sp³-hybridized carbons (Fsp3) is 0.389. The molecule has 0 radical (unpaired) electrons. The maximum absolute atomic E-state index is 12.4. The molecule has 0 aliphatic carbocycles. The van der Waals surface area contributed by atoms with Crippen LogP contribution in [0.15, 0.2) is 30.6 Å². The van der Waals surface area contributed by atoms with Crippen LogP contribution >= 0.6 is 0 Å². The van der Waals surface area contributed by atoms with Crippen LogP contribution in [0.2, 0.25) is 0 Å². The number of hydrogen-bond acceptors (Lipinski definition) is 3. The first-order chi connectivity index (χ1) is 11.5. The van der Waals surface area contributed by atoms with Crippen LogP contribution in [-0.4, -0.2) is 27.9 Å². The minimum atomic E-state index is -0.0797. The smallest absolute Gasteiger partial charge is 0.251 e. The van der Waals surface area contributed by atoms with Crippen LogP contribution in [0.3, 0.4) is 0 Å². The van der Waals surface area contributed by atoms with E-state index >= 15 is 0 Å². The van der Waals surface area contributed by atoms with E-state index in [1.165, 1.54) is 0 Å². The van der Waals surface area contributed by atoms with Gasteiger partial charge in [0.15, 0.2) is 0 Å². The number of anilines is 1. The van der Waals surface area contributed by atoms with Gasteiger partial charge in [0.25, 0.3) is 5.91 Å². The van der Waals surface area contributed by atoms with Crippen LogP contribution in [0.5, 0.6) is 0 Å². The number of amides is 2. The minimum Gasteiger partial charge on any atom is -0.352 e. The van der Waals surface area contributed by atoms with Crippen LogP contribution < -0.4 is 10.6 Å². The van der Waals surface area contributed by atoms with Crippen molar-refractivity contribution in [2.24, 2.45) is 5.92 Å². The SMILES string of the molecule is Cc1nccn1CC(C)CNC(=O)c1ccc2c(c1)CCC(=O)N2. The van der Waals surface area contributed by atoms with E-state index in [0.717, 1.165) is 23.6 Å². The van der Waals surface area contributed by atoms with Gasteiger partial charge in [-0.2, -0.15) is 0 Å². The van der Waals surface area contributed by atoms with Gasteiger partial charge in [-0.25, -0.2) is 4.98 Å². The average Bonchev–Trinajstić information content (AvgIpc) is 2.97. The molecule has 2 amide bonds. The van der Waals surface area contributed by atoms with E-state index in [4.69, 9.17) is 0 Å². The summed E-state index contributed by atoms with van der Waals surface area (Å²) in [5.41, 5.74) is 2.46. The lowest BCUT2D eigenvalue weighted by Gasteiger charge is -2.18. The standard InChI is InChI=1S/C18H22N4O2/c1-12(11-22-8-7-19-13(22)2)10-20-18(24)15-3-5-16-14(9-15)4-6-17(23)21-16/h3,5,7-9,12H,4,6,10-11H2,1-2H3,(H,20,24)(H,21,23). The molecule has 0 spiro atoms. The normalized spacial score (nSPS) is 14.7. The van der Waals surface area contributed by atoms with E-state index in [9.17, 15) is 9.59 Å². The van der Waals surface area contributed by atoms with Crippen LogP contribution in [0.25, 0.3) is 0 Å². The van der Waals surface area contributed by atoms with Gasteiger partial charge in [0, 0.05) is 43.2 Å². The van der Waals surface area contributed by atoms with Crippen molar-refractivity contribution in [2.75, 3.05) is 11.9 Å². The van der Waals surface area contributed by atoms with E-state index in [1.807, 2.05) is 19.2 Å². The first-order valence-electron chi connectivity index (χ1n) is 8.21. The molecule has 2 heterocycles. The van der Waals surface area contributed by atoms with Crippen molar-refractivity contribution >= 4 is 17.5 Å². The Morgan fingerprint density at radius 1 is 1.42 bits per heavy atom. The molecular formula is C18H22N4O2. The molecule has 126 valence electrons. The zero-order valence-corrected chi connectivity index (χ0v) is 14.0. The molecule has 1 aliphatic rings. The monoisotopic (exact) mass is 326 g/mol. The summed E-state index contributed by atoms with van der Waals surface area (Å²) in [6.07, 6.45) is 4.88. The van der Waals surface area contributed by atoms with Gasteiger partial charge in [0.1, 0.15) is 5.82 Å². The maximum atomic E-state index is 12.4. The molecule has 1 unspecified atom stereocenters. The Labute approximate surface area is 141 Å². The topological polar surface area (TPSA) is 76.0 Å². The van der Waals surface area contributed by atoms with Crippen molar-refractivity contribution in [1.82, 2.24) is 14.9 Å². The fourth-order valence-electron chi connectivity index (χ4n) is 2.89. The molecule has 6 nitrogen and oxygen atoms in total. The Bertz CT molecular complexity index is 766. The van der Waals surface area contributed by atoms with Crippen molar-refractivity contribution in [3.05, 3.63) is 47.5 Å². The van der Waals surface area contributed by atoms with E-state index in [1.54, 1.807) is 18.3 Å². The molecule has 1 aromatic carbocycles. The zero-order chi connectivity index (χ0) is 17.1. The third-order valence-electron chi connectivity index (χ3n) is 4.31. The Hall–Kier alpha value is -2.63. The summed E-state index contributed by atoms with van der Waals surface area (Å²) in [6.45, 7) is 5.49. The summed E-state index contributed by atoms with van der Waals surface area (Å²) in [7, 11) is 0. The summed E-state index contributed by atoms with van der Waals surface area (Å²) in [6, 6.07) is 5.43. The minimum absolute atomic E-state index is 0.0309. The summed E-state index contributed by atoms with van der Waals surface area (Å²) >= 11 is 0. The molecule has 2 aromatic rings. The number of carbonyl (C=O) groups excluding carboxylic acids is 2. The molecule has 3 rings (SSSR count). The number of carbonyl (C=O) groups is 2. The van der Waals surface area contributed by atoms with Gasteiger partial charge in [-0.05, 0) is 43.0 Å². The molecule has 0 bridgehead atoms. The highest BCUT2D eigenvalue weighted by Gasteiger charge is 2.17. The Morgan fingerprint density at radius 3 is 3.00 bits per heavy atom. The fourth-order valence-corrected chi connectivity index (χ4v) is 2.89. The van der Waals surface area contributed by atoms with Gasteiger partial charge in [-0.3, -0.25) is 9.59 Å². The van der Waals surface area contributed by atoms with Crippen molar-refractivity contribution in [3.63, 3.8) is 0 Å². The van der Waals surface area contributed by atoms with E-state index in [0.29, 0.717) is 30.9 Å². The third-order valence-corrected chi connectivity index (χ3v) is 4.31. The number of imidazole rings is 1. The van der Waals surface area contributed by atoms with Gasteiger partial charge in [-0.15, -0.1) is 0 Å². The number of nitrogens with zero attached hydrogens (tertiary/aromatic N) is 2. The predicted octanol–water partition coefficient (Wildman–Crippen LogP) is 2.14. The molecular weight excluding hydrogens is 304 g/mol. The van der Waals surface area contributed by atoms with E-state index in [2.05, 4.69) is 27.1 Å². The highest BCUT2D eigenvalue weighted by molar-refractivity contribution is 5.97. The van der Waals surface area contributed by atoms with Gasteiger partial charge < -0.3 is 15.2 Å². The van der Waals surface area contributed by atoms with Gasteiger partial charge in [-0.1, -0.05) is 6.92 Å². The van der Waals surface area contributed by atoms with Crippen LogP contribution in [0.1, 0.15) is 35.1 Å². The predicted molar refractivity (Wildman–Crippen MR) is 91.9 cm³/mol. The number of aryl methyl sites for hydroxylation is 2. The lowest BCUT2D eigenvalue weighted by molar-refractivity contribution is -0.116. The second-order valence-corrected chi connectivity index (χ2v) is 6.36. The molecule has 2 N–H and O–H groups in total. The molecule has 1 atom stereocenters. The molecule has 1 aromatic heterocycles. The summed E-state index contributed by atoms with van der Waals surface area (Å²) in [4.78, 5) is 27.9. The van der Waals surface area contributed by atoms with Crippen molar-refractivity contribution in [3.8, 4) is 0 Å². The van der Waals surface area contributed by atoms with Crippen molar-refractivity contribution < 1.29 is 9.59 Å². The summed E-state index contributed by atoms with van der Waals surface area (Å²) in [5, 5.41) is 5.81. The largest absolute Gasteiger partial charge is 0.352 e. The highest BCUT2D eigenvalue weighted by atomic mass is 16.2. The van der Waals surface area contributed by atoms with Crippen LogP contribution in [-0.2, 0) is 17.8 Å². The number of aromatic nitrogens is 2. The Kier molecular flexibility index (Phi) is 4.64. The van der Waals surface area contributed by atoms with Crippen LogP contribution in [0, 0.1) is 12.8 Å². The second-order valence-electron chi connectivity index (χ2n) is 6.36. The highest BCUT2D eigenvalue weighted by Crippen LogP contribution is 2.23. The second kappa shape index (κ2) is 6.86. The molecule has 24 heavy (non-hydrogen) atoms. The Morgan fingerprint density at radius 2 is 2.25 bits per heavy atom. The van der Waals surface area contributed by atoms with Crippen molar-refractivity contribution in [1.29, 1.82) is 0 Å². The molecule has 0 saturated carbocycles. The zero-order valence-electron chi connectivity index (χ0n) is 14.0. The number of fused-ring (bicyclic) bond motifs is 1. The molecule has 0 saturated heterocycles. The van der Waals surface area contributed by atoms with Gasteiger partial charge in [0.05, 0.1) is 0 Å². The van der Waals surface area contributed by atoms with Gasteiger partial charge >= 0.3 is 0 Å². The first-order valence-corrected chi connectivity index (χ1v) is 8.21. The average molecular weight is 326 g/mol. The van der Waals surface area contributed by atoms with Gasteiger partial charge in [0.2, 0.25) is 5.91 Å². The lowest BCUT2D eigenvalue weighted by atomic mass is 10.00. The maximum Gasteiger partial charge on any atom is 0.251 e. The molecule has 1 aliphatic heterocycles. The van der Waals surface area contributed by atoms with Crippen molar-refractivity contribution in [2.45, 2.75) is 33.2 Å². The number of hydrogen-bond donors (Lipinski definition) is 2. The van der Waals surface area contributed by atoms with Crippen LogP contribution in [0.4, 0.5) is 5.69 Å². The third kappa shape index (κ3) is 3.64. The first kappa shape index (κ1) is 16.2. The summed E-state index contributed by atoms with van der Waals surface area (Å²) in [5.74, 6) is 1.23. The summed E-state index contributed by atoms with van der Waals surface area (Å²) < 4.78 is 2.08. The van der Waals surface area contributed by atoms with E-state index < -0.39 is 0 Å². The quantitative estimate of drug-likeness (QED) is 0.884. The lowest BCUT2D eigenvalue weighted by Crippen LogP contribution is -2.30. The number of nitrogens with one attached hydrogen (secondary N) is 2. The number of benzene rings is 1. The molecule has 6 heteroatoms. The molecule has 0 fully saturated rings.